The second kappa shape index (κ2) is 5.18. The van der Waals surface area contributed by atoms with Crippen molar-refractivity contribution in [3.8, 4) is 17.2 Å². The Labute approximate surface area is 126 Å². The minimum Gasteiger partial charge on any atom is -0.495 e. The average Bonchev–Trinajstić information content (AvgIpc) is 2.89. The fourth-order valence-corrected chi connectivity index (χ4v) is 2.49. The maximum absolute atomic E-state index is 6.22. The summed E-state index contributed by atoms with van der Waals surface area (Å²) < 4.78 is 12.5. The second-order valence-corrected chi connectivity index (χ2v) is 4.93. The lowest BCUT2D eigenvalue weighted by Gasteiger charge is -2.13. The van der Waals surface area contributed by atoms with Crippen molar-refractivity contribution in [1.29, 1.82) is 0 Å². The number of hydrogen-bond acceptors (Lipinski definition) is 4. The van der Waals surface area contributed by atoms with Crippen molar-refractivity contribution >= 4 is 28.3 Å². The van der Waals surface area contributed by atoms with Crippen LogP contribution in [-0.2, 0) is 0 Å². The molecule has 0 aliphatic rings. The predicted molar refractivity (Wildman–Crippen MR) is 83.6 cm³/mol. The smallest absolute Gasteiger partial charge is 0.146 e. The molecule has 0 aliphatic heterocycles. The summed E-state index contributed by atoms with van der Waals surface area (Å²) in [5, 5.41) is 0.505. The molecule has 1 aromatic heterocycles. The first-order valence-corrected chi connectivity index (χ1v) is 6.66. The molecule has 0 radical (unpaired) electrons. The summed E-state index contributed by atoms with van der Waals surface area (Å²) in [7, 11) is 3.17. The summed E-state index contributed by atoms with van der Waals surface area (Å²) in [5.74, 6) is 1.21. The van der Waals surface area contributed by atoms with Gasteiger partial charge >= 0.3 is 0 Å². The molecule has 2 aromatic carbocycles. The van der Waals surface area contributed by atoms with E-state index in [1.807, 2.05) is 22.8 Å². The summed E-state index contributed by atoms with van der Waals surface area (Å²) in [5.41, 5.74) is 8.97. The van der Waals surface area contributed by atoms with Gasteiger partial charge in [0.2, 0.25) is 0 Å². The van der Waals surface area contributed by atoms with Gasteiger partial charge in [-0.2, -0.15) is 0 Å². The third-order valence-corrected chi connectivity index (χ3v) is 3.58. The van der Waals surface area contributed by atoms with E-state index in [0.29, 0.717) is 22.2 Å². The zero-order chi connectivity index (χ0) is 15.0. The molecule has 0 saturated carbocycles. The van der Waals surface area contributed by atoms with Crippen molar-refractivity contribution in [3.63, 3.8) is 0 Å². The molecule has 0 amide bonds. The molecular weight excluding hydrogens is 290 g/mol. The number of rotatable bonds is 3. The van der Waals surface area contributed by atoms with E-state index in [2.05, 4.69) is 4.98 Å². The van der Waals surface area contributed by atoms with Gasteiger partial charge in [0, 0.05) is 11.8 Å². The Kier molecular flexibility index (Phi) is 3.35. The van der Waals surface area contributed by atoms with E-state index < -0.39 is 0 Å². The molecule has 108 valence electrons. The molecule has 0 spiro atoms. The van der Waals surface area contributed by atoms with Crippen LogP contribution in [0.25, 0.3) is 16.7 Å². The lowest BCUT2D eigenvalue weighted by Crippen LogP contribution is -1.98. The molecule has 0 unspecified atom stereocenters. The van der Waals surface area contributed by atoms with E-state index in [9.17, 15) is 0 Å². The minimum absolute atomic E-state index is 0.505. The maximum atomic E-state index is 6.22. The fraction of sp³-hybridized carbons (Fsp3) is 0.133. The number of methoxy groups -OCH3 is 2. The number of fused-ring (bicyclic) bond motifs is 1. The topological polar surface area (TPSA) is 62.3 Å². The van der Waals surface area contributed by atoms with Gasteiger partial charge in [0.25, 0.3) is 0 Å². The standard InChI is InChI=1S/C15H14ClN3O2/c1-20-14-7-15(21-2)13(6-10(14)16)19-8-18-11-5-9(17)3-4-12(11)19/h3-8H,17H2,1-2H3. The van der Waals surface area contributed by atoms with E-state index >= 15 is 0 Å². The fourth-order valence-electron chi connectivity index (χ4n) is 2.25. The second-order valence-electron chi connectivity index (χ2n) is 4.52. The van der Waals surface area contributed by atoms with Crippen LogP contribution in [0, 0.1) is 0 Å². The number of nitrogens with zero attached hydrogens (tertiary/aromatic N) is 2. The van der Waals surface area contributed by atoms with Crippen molar-refractivity contribution in [1.82, 2.24) is 9.55 Å². The average molecular weight is 304 g/mol. The number of halogens is 1. The Balaban J connectivity index is 2.24. The highest BCUT2D eigenvalue weighted by atomic mass is 35.5. The summed E-state index contributed by atoms with van der Waals surface area (Å²) in [6.45, 7) is 0. The number of anilines is 1. The Bertz CT molecular complexity index is 814. The number of ether oxygens (including phenoxy) is 2. The number of nitrogens with two attached hydrogens (primary N) is 1. The Morgan fingerprint density at radius 1 is 1.10 bits per heavy atom. The van der Waals surface area contributed by atoms with Gasteiger partial charge in [-0.15, -0.1) is 0 Å². The molecule has 0 fully saturated rings. The van der Waals surface area contributed by atoms with Crippen molar-refractivity contribution < 1.29 is 9.47 Å². The highest BCUT2D eigenvalue weighted by Gasteiger charge is 2.14. The normalized spacial score (nSPS) is 10.8. The molecule has 5 nitrogen and oxygen atoms in total. The van der Waals surface area contributed by atoms with Crippen LogP contribution in [0.15, 0.2) is 36.7 Å². The zero-order valence-electron chi connectivity index (χ0n) is 11.6. The first-order chi connectivity index (χ1) is 10.1. The van der Waals surface area contributed by atoms with Crippen LogP contribution in [0.3, 0.4) is 0 Å². The van der Waals surface area contributed by atoms with Gasteiger partial charge in [0.15, 0.2) is 0 Å². The SMILES string of the molecule is COc1cc(OC)c(-n2cnc3cc(N)ccc32)cc1Cl. The molecule has 0 atom stereocenters. The summed E-state index contributed by atoms with van der Waals surface area (Å²) >= 11 is 6.22. The van der Waals surface area contributed by atoms with Crippen LogP contribution in [0.4, 0.5) is 5.69 Å². The monoisotopic (exact) mass is 303 g/mol. The molecule has 0 aliphatic carbocycles. The van der Waals surface area contributed by atoms with Gasteiger partial charge in [-0.3, -0.25) is 4.57 Å². The first-order valence-electron chi connectivity index (χ1n) is 6.28. The molecule has 6 heteroatoms. The number of aromatic nitrogens is 2. The summed E-state index contributed by atoms with van der Waals surface area (Å²) in [6, 6.07) is 9.11. The lowest BCUT2D eigenvalue weighted by atomic mass is 10.2. The van der Waals surface area contributed by atoms with Crippen molar-refractivity contribution in [2.24, 2.45) is 0 Å². The molecule has 2 N–H and O–H groups in total. The van der Waals surface area contributed by atoms with Gasteiger partial charge in [0.05, 0.1) is 36.0 Å². The highest BCUT2D eigenvalue weighted by molar-refractivity contribution is 6.32. The van der Waals surface area contributed by atoms with Gasteiger partial charge in [-0.25, -0.2) is 4.98 Å². The van der Waals surface area contributed by atoms with Crippen LogP contribution in [-0.4, -0.2) is 23.8 Å². The third-order valence-electron chi connectivity index (χ3n) is 3.28. The first kappa shape index (κ1) is 13.6. The molecule has 3 rings (SSSR count). The zero-order valence-corrected chi connectivity index (χ0v) is 12.4. The van der Waals surface area contributed by atoms with E-state index in [0.717, 1.165) is 16.7 Å². The summed E-state index contributed by atoms with van der Waals surface area (Å²) in [4.78, 5) is 4.36. The van der Waals surface area contributed by atoms with E-state index in [4.69, 9.17) is 26.8 Å². The van der Waals surface area contributed by atoms with Crippen LogP contribution >= 0.6 is 11.6 Å². The van der Waals surface area contributed by atoms with Crippen LogP contribution in [0.2, 0.25) is 5.02 Å². The largest absolute Gasteiger partial charge is 0.495 e. The summed E-state index contributed by atoms with van der Waals surface area (Å²) in [6.07, 6.45) is 1.71. The molecule has 1 heterocycles. The Morgan fingerprint density at radius 2 is 1.86 bits per heavy atom. The molecule has 0 bridgehead atoms. The maximum Gasteiger partial charge on any atom is 0.146 e. The van der Waals surface area contributed by atoms with Gasteiger partial charge in [-0.05, 0) is 24.3 Å². The third kappa shape index (κ3) is 2.25. The lowest BCUT2D eigenvalue weighted by molar-refractivity contribution is 0.393. The van der Waals surface area contributed by atoms with Gasteiger partial charge < -0.3 is 15.2 Å². The Hall–Kier alpha value is -2.40. The number of nitrogen functional groups attached to an aromatic ring is 1. The molecule has 0 saturated heterocycles. The number of imidazole rings is 1. The number of benzene rings is 2. The minimum atomic E-state index is 0.505. The quantitative estimate of drug-likeness (QED) is 0.754. The van der Waals surface area contributed by atoms with E-state index in [1.54, 1.807) is 32.7 Å². The number of hydrogen-bond donors (Lipinski definition) is 1. The van der Waals surface area contributed by atoms with Crippen LogP contribution < -0.4 is 15.2 Å². The van der Waals surface area contributed by atoms with Gasteiger partial charge in [-0.1, -0.05) is 11.6 Å². The molecule has 3 aromatic rings. The van der Waals surface area contributed by atoms with E-state index in [-0.39, 0.29) is 0 Å². The van der Waals surface area contributed by atoms with E-state index in [1.165, 1.54) is 0 Å². The van der Waals surface area contributed by atoms with Crippen LogP contribution in [0.5, 0.6) is 11.5 Å². The molecule has 21 heavy (non-hydrogen) atoms. The predicted octanol–water partition coefficient (Wildman–Crippen LogP) is 3.28. The van der Waals surface area contributed by atoms with Gasteiger partial charge in [0.1, 0.15) is 17.8 Å². The van der Waals surface area contributed by atoms with Crippen molar-refractivity contribution in [2.45, 2.75) is 0 Å². The van der Waals surface area contributed by atoms with Crippen molar-refractivity contribution in [3.05, 3.63) is 41.7 Å². The molecular formula is C15H14ClN3O2. The Morgan fingerprint density at radius 3 is 2.57 bits per heavy atom. The highest BCUT2D eigenvalue weighted by Crippen LogP contribution is 2.36. The van der Waals surface area contributed by atoms with Crippen LogP contribution in [0.1, 0.15) is 0 Å². The van der Waals surface area contributed by atoms with Crippen molar-refractivity contribution in [2.75, 3.05) is 20.0 Å².